The van der Waals surface area contributed by atoms with E-state index >= 15 is 0 Å². The number of halogens is 4. The number of rotatable bonds is 6. The molecule has 0 aliphatic rings. The van der Waals surface area contributed by atoms with Crippen molar-refractivity contribution in [2.45, 2.75) is 11.6 Å². The van der Waals surface area contributed by atoms with E-state index in [2.05, 4.69) is 20.3 Å². The number of hydrogen-bond donors (Lipinski definition) is 1. The smallest absolute Gasteiger partial charge is 0.411 e. The summed E-state index contributed by atoms with van der Waals surface area (Å²) in [4.78, 5) is 12.0. The maximum absolute atomic E-state index is 12.4. The van der Waals surface area contributed by atoms with Gasteiger partial charge in [-0.15, -0.1) is 23.4 Å². The molecule has 0 saturated carbocycles. The zero-order chi connectivity index (χ0) is 20.1. The van der Waals surface area contributed by atoms with Crippen molar-refractivity contribution >= 4 is 35.0 Å². The molecule has 1 aromatic heterocycles. The van der Waals surface area contributed by atoms with E-state index in [1.807, 2.05) is 0 Å². The molecule has 0 radical (unpaired) electrons. The SMILES string of the molecule is O=C(CSc1nnc(-c2ccc(Cl)cc2)o1)Nc1ccccc1OC(F)(F)F. The Morgan fingerprint density at radius 3 is 2.57 bits per heavy atom. The molecule has 28 heavy (non-hydrogen) atoms. The van der Waals surface area contributed by atoms with Gasteiger partial charge in [-0.05, 0) is 36.4 Å². The number of thioether (sulfide) groups is 1. The van der Waals surface area contributed by atoms with E-state index in [4.69, 9.17) is 16.0 Å². The molecule has 0 saturated heterocycles. The molecule has 0 aliphatic heterocycles. The molecule has 2 aromatic carbocycles. The number of ether oxygens (including phenoxy) is 1. The number of carbonyl (C=O) groups is 1. The Bertz CT molecular complexity index is 964. The second-order valence-electron chi connectivity index (χ2n) is 5.26. The number of amides is 1. The second kappa shape index (κ2) is 8.53. The van der Waals surface area contributed by atoms with Gasteiger partial charge in [0.25, 0.3) is 5.22 Å². The highest BCUT2D eigenvalue weighted by atomic mass is 35.5. The highest BCUT2D eigenvalue weighted by Gasteiger charge is 2.32. The predicted octanol–water partition coefficient (Wildman–Crippen LogP) is 5.02. The van der Waals surface area contributed by atoms with Gasteiger partial charge >= 0.3 is 6.36 Å². The molecule has 0 bridgehead atoms. The van der Waals surface area contributed by atoms with Crippen LogP contribution >= 0.6 is 23.4 Å². The second-order valence-corrected chi connectivity index (χ2v) is 6.62. The van der Waals surface area contributed by atoms with Gasteiger partial charge in [-0.1, -0.05) is 35.5 Å². The van der Waals surface area contributed by atoms with Crippen LogP contribution in [-0.2, 0) is 4.79 Å². The minimum Gasteiger partial charge on any atom is -0.411 e. The van der Waals surface area contributed by atoms with Crippen molar-refractivity contribution in [2.75, 3.05) is 11.1 Å². The number of alkyl halides is 3. The summed E-state index contributed by atoms with van der Waals surface area (Å²) in [5.41, 5.74) is 0.559. The molecule has 3 rings (SSSR count). The Hall–Kier alpha value is -2.72. The van der Waals surface area contributed by atoms with Gasteiger partial charge in [-0.3, -0.25) is 4.79 Å². The van der Waals surface area contributed by atoms with E-state index in [1.54, 1.807) is 24.3 Å². The van der Waals surface area contributed by atoms with Gasteiger partial charge in [0.05, 0.1) is 11.4 Å². The van der Waals surface area contributed by atoms with Crippen molar-refractivity contribution in [1.29, 1.82) is 0 Å². The fraction of sp³-hybridized carbons (Fsp3) is 0.118. The van der Waals surface area contributed by atoms with Gasteiger partial charge < -0.3 is 14.5 Å². The number of para-hydroxylation sites is 2. The van der Waals surface area contributed by atoms with Crippen LogP contribution in [0.2, 0.25) is 5.02 Å². The Balaban J connectivity index is 1.59. The first-order valence-electron chi connectivity index (χ1n) is 7.67. The number of aromatic nitrogens is 2. The van der Waals surface area contributed by atoms with Crippen molar-refractivity contribution in [3.63, 3.8) is 0 Å². The molecule has 0 unspecified atom stereocenters. The number of hydrogen-bond acceptors (Lipinski definition) is 6. The summed E-state index contributed by atoms with van der Waals surface area (Å²) in [7, 11) is 0. The number of carbonyl (C=O) groups excluding carboxylic acids is 1. The summed E-state index contributed by atoms with van der Waals surface area (Å²) >= 11 is 6.76. The summed E-state index contributed by atoms with van der Waals surface area (Å²) in [6.07, 6.45) is -4.86. The Morgan fingerprint density at radius 1 is 1.14 bits per heavy atom. The van der Waals surface area contributed by atoms with Crippen LogP contribution in [0.25, 0.3) is 11.5 Å². The third-order valence-corrected chi connectivity index (χ3v) is 4.28. The third kappa shape index (κ3) is 5.64. The predicted molar refractivity (Wildman–Crippen MR) is 97.2 cm³/mol. The summed E-state index contributed by atoms with van der Waals surface area (Å²) in [6, 6.07) is 12.0. The van der Waals surface area contributed by atoms with Gasteiger partial charge in [0.15, 0.2) is 5.75 Å². The van der Waals surface area contributed by atoms with Crippen LogP contribution in [-0.4, -0.2) is 28.2 Å². The summed E-state index contributed by atoms with van der Waals surface area (Å²) < 4.78 is 46.6. The highest BCUT2D eigenvalue weighted by Crippen LogP contribution is 2.30. The molecule has 0 aliphatic carbocycles. The molecule has 6 nitrogen and oxygen atoms in total. The zero-order valence-electron chi connectivity index (χ0n) is 13.9. The molecule has 1 heterocycles. The fourth-order valence-corrected chi connectivity index (χ4v) is 2.76. The number of benzene rings is 2. The van der Waals surface area contributed by atoms with Crippen LogP contribution in [0.5, 0.6) is 5.75 Å². The minimum atomic E-state index is -4.86. The maximum Gasteiger partial charge on any atom is 0.573 e. The van der Waals surface area contributed by atoms with Crippen LogP contribution in [0.4, 0.5) is 18.9 Å². The number of nitrogens with one attached hydrogen (secondary N) is 1. The Labute approximate surface area is 166 Å². The fourth-order valence-electron chi connectivity index (χ4n) is 2.07. The van der Waals surface area contributed by atoms with E-state index < -0.39 is 18.0 Å². The number of anilines is 1. The van der Waals surface area contributed by atoms with Gasteiger partial charge in [-0.2, -0.15) is 0 Å². The van der Waals surface area contributed by atoms with Gasteiger partial charge in [-0.25, -0.2) is 0 Å². The van der Waals surface area contributed by atoms with E-state index in [-0.39, 0.29) is 22.6 Å². The summed E-state index contributed by atoms with van der Waals surface area (Å²) in [5, 5.41) is 10.8. The largest absolute Gasteiger partial charge is 0.573 e. The molecule has 3 aromatic rings. The van der Waals surface area contributed by atoms with Crippen molar-refractivity contribution in [3.05, 3.63) is 53.6 Å². The molecular weight excluding hydrogens is 419 g/mol. The summed E-state index contributed by atoms with van der Waals surface area (Å²) in [5.74, 6) is -0.961. The van der Waals surface area contributed by atoms with Crippen LogP contribution in [0, 0.1) is 0 Å². The van der Waals surface area contributed by atoms with E-state index in [9.17, 15) is 18.0 Å². The molecule has 1 N–H and O–H groups in total. The van der Waals surface area contributed by atoms with E-state index in [0.29, 0.717) is 10.6 Å². The molecule has 146 valence electrons. The Kier molecular flexibility index (Phi) is 6.10. The van der Waals surface area contributed by atoms with Crippen LogP contribution in [0.15, 0.2) is 58.2 Å². The lowest BCUT2D eigenvalue weighted by atomic mass is 10.2. The zero-order valence-corrected chi connectivity index (χ0v) is 15.4. The molecule has 1 amide bonds. The molecule has 11 heteroatoms. The lowest BCUT2D eigenvalue weighted by Crippen LogP contribution is -2.20. The monoisotopic (exact) mass is 429 g/mol. The first-order valence-corrected chi connectivity index (χ1v) is 9.03. The quantitative estimate of drug-likeness (QED) is 0.554. The molecule has 0 spiro atoms. The standard InChI is InChI=1S/C17H11ClF3N3O3S/c18-11-7-5-10(6-8-11)15-23-24-16(26-15)28-9-14(25)22-12-3-1-2-4-13(12)27-17(19,20)21/h1-8H,9H2,(H,22,25). The average Bonchev–Trinajstić information content (AvgIpc) is 3.10. The van der Waals surface area contributed by atoms with E-state index in [1.165, 1.54) is 18.2 Å². The molecule has 0 fully saturated rings. The third-order valence-electron chi connectivity index (χ3n) is 3.21. The lowest BCUT2D eigenvalue weighted by molar-refractivity contribution is -0.274. The van der Waals surface area contributed by atoms with Gasteiger partial charge in [0.1, 0.15) is 0 Å². The molecule has 0 atom stereocenters. The maximum atomic E-state index is 12.4. The van der Waals surface area contributed by atoms with Gasteiger partial charge in [0, 0.05) is 10.6 Å². The molecular formula is C17H11ClF3N3O3S. The normalized spacial score (nSPS) is 11.3. The highest BCUT2D eigenvalue weighted by molar-refractivity contribution is 7.99. The number of nitrogens with zero attached hydrogens (tertiary/aromatic N) is 2. The lowest BCUT2D eigenvalue weighted by Gasteiger charge is -2.13. The minimum absolute atomic E-state index is 0.0993. The van der Waals surface area contributed by atoms with Crippen molar-refractivity contribution in [3.8, 4) is 17.2 Å². The summed E-state index contributed by atoms with van der Waals surface area (Å²) in [6.45, 7) is 0. The van der Waals surface area contributed by atoms with Crippen molar-refractivity contribution < 1.29 is 27.1 Å². The van der Waals surface area contributed by atoms with Crippen molar-refractivity contribution in [1.82, 2.24) is 10.2 Å². The van der Waals surface area contributed by atoms with Crippen LogP contribution in [0.3, 0.4) is 0 Å². The first-order chi connectivity index (χ1) is 13.3. The van der Waals surface area contributed by atoms with E-state index in [0.717, 1.165) is 17.8 Å². The van der Waals surface area contributed by atoms with Gasteiger partial charge in [0.2, 0.25) is 11.8 Å². The average molecular weight is 430 g/mol. The topological polar surface area (TPSA) is 77.2 Å². The Morgan fingerprint density at radius 2 is 1.86 bits per heavy atom. The van der Waals surface area contributed by atoms with Crippen LogP contribution in [0.1, 0.15) is 0 Å². The first kappa shape index (κ1) is 20.0. The van der Waals surface area contributed by atoms with Crippen LogP contribution < -0.4 is 10.1 Å². The van der Waals surface area contributed by atoms with Crippen molar-refractivity contribution in [2.24, 2.45) is 0 Å².